The molecular weight excluding hydrogens is 230 g/mol. The maximum atomic E-state index is 5.74. The normalized spacial score (nSPS) is 22.3. The first-order valence-electron chi connectivity index (χ1n) is 6.48. The lowest BCUT2D eigenvalue weighted by Gasteiger charge is -2.27. The van der Waals surface area contributed by atoms with Gasteiger partial charge in [0, 0.05) is 18.5 Å². The van der Waals surface area contributed by atoms with Crippen LogP contribution in [0.5, 0.6) is 0 Å². The maximum Gasteiger partial charge on any atom is 0.0784 e. The first-order valence-corrected chi connectivity index (χ1v) is 6.89. The molecule has 0 saturated carbocycles. The molecule has 2 N–H and O–H groups in total. The van der Waals surface area contributed by atoms with Gasteiger partial charge in [0.1, 0.15) is 0 Å². The molecule has 17 heavy (non-hydrogen) atoms. The number of nitrogens with two attached hydrogens (primary N) is 1. The predicted octanol–water partition coefficient (Wildman–Crippen LogP) is 1.57. The Labute approximate surface area is 111 Å². The topological polar surface area (TPSA) is 32.5 Å². The third kappa shape index (κ3) is 4.90. The number of rotatable bonds is 6. The molecule has 1 fully saturated rings. The van der Waals surface area contributed by atoms with Gasteiger partial charge in [0.2, 0.25) is 0 Å². The highest BCUT2D eigenvalue weighted by Crippen LogP contribution is 2.21. The lowest BCUT2D eigenvalue weighted by Crippen LogP contribution is -2.35. The van der Waals surface area contributed by atoms with Crippen molar-refractivity contribution in [3.8, 4) is 0 Å². The zero-order valence-electron chi connectivity index (χ0n) is 11.7. The summed E-state index contributed by atoms with van der Waals surface area (Å²) in [6.07, 6.45) is 2.38. The number of nitrogens with zero attached hydrogens (tertiary/aromatic N) is 2. The molecule has 100 valence electrons. The molecule has 1 aliphatic rings. The number of thiocarbonyl (C=S) groups is 1. The molecular formula is C13H27N3S. The van der Waals surface area contributed by atoms with Crippen LogP contribution in [0.4, 0.5) is 0 Å². The van der Waals surface area contributed by atoms with E-state index in [1.54, 1.807) is 0 Å². The van der Waals surface area contributed by atoms with Gasteiger partial charge in [-0.3, -0.25) is 0 Å². The number of hydrogen-bond donors (Lipinski definition) is 1. The van der Waals surface area contributed by atoms with Crippen molar-refractivity contribution in [1.82, 2.24) is 9.80 Å². The largest absolute Gasteiger partial charge is 0.393 e. The second-order valence-corrected chi connectivity index (χ2v) is 6.62. The molecule has 0 aromatic heterocycles. The van der Waals surface area contributed by atoms with Crippen LogP contribution < -0.4 is 5.73 Å². The first-order chi connectivity index (χ1) is 7.81. The van der Waals surface area contributed by atoms with Gasteiger partial charge in [-0.1, -0.05) is 26.1 Å². The molecule has 1 atom stereocenters. The van der Waals surface area contributed by atoms with Crippen molar-refractivity contribution in [1.29, 1.82) is 0 Å². The fraction of sp³-hybridized carbons (Fsp3) is 0.923. The van der Waals surface area contributed by atoms with Gasteiger partial charge in [-0.15, -0.1) is 0 Å². The minimum absolute atomic E-state index is 0.0178. The van der Waals surface area contributed by atoms with Crippen molar-refractivity contribution < 1.29 is 0 Å². The zero-order valence-corrected chi connectivity index (χ0v) is 12.5. The van der Waals surface area contributed by atoms with E-state index in [9.17, 15) is 0 Å². The molecule has 0 amide bonds. The van der Waals surface area contributed by atoms with E-state index < -0.39 is 0 Å². The highest BCUT2D eigenvalue weighted by Gasteiger charge is 2.24. The Morgan fingerprint density at radius 2 is 2.18 bits per heavy atom. The number of likely N-dealkylation sites (tertiary alicyclic amines) is 1. The monoisotopic (exact) mass is 257 g/mol. The predicted molar refractivity (Wildman–Crippen MR) is 78.3 cm³/mol. The van der Waals surface area contributed by atoms with Crippen molar-refractivity contribution in [2.45, 2.75) is 26.7 Å². The molecule has 0 spiro atoms. The summed E-state index contributed by atoms with van der Waals surface area (Å²) in [6.45, 7) is 9.02. The second kappa shape index (κ2) is 6.12. The Balaban J connectivity index is 2.25. The van der Waals surface area contributed by atoms with Crippen LogP contribution in [-0.2, 0) is 0 Å². The average Bonchev–Trinajstić information content (AvgIpc) is 2.61. The smallest absolute Gasteiger partial charge is 0.0784 e. The lowest BCUT2D eigenvalue weighted by molar-refractivity contribution is 0.250. The standard InChI is InChI=1S/C13H27N3S/c1-13(2,12(14)17)6-8-16(4)10-11-5-7-15(3)9-11/h11H,5-10H2,1-4H3,(H2,14,17). The molecule has 1 saturated heterocycles. The quantitative estimate of drug-likeness (QED) is 0.732. The number of hydrogen-bond acceptors (Lipinski definition) is 3. The summed E-state index contributed by atoms with van der Waals surface area (Å²) >= 11 is 5.10. The summed E-state index contributed by atoms with van der Waals surface area (Å²) in [5, 5.41) is 0. The lowest BCUT2D eigenvalue weighted by atomic mass is 9.89. The molecule has 0 bridgehead atoms. The van der Waals surface area contributed by atoms with Crippen LogP contribution in [0, 0.1) is 11.3 Å². The minimum atomic E-state index is -0.0178. The molecule has 4 heteroatoms. The van der Waals surface area contributed by atoms with Crippen LogP contribution in [0.2, 0.25) is 0 Å². The van der Waals surface area contributed by atoms with E-state index in [-0.39, 0.29) is 5.41 Å². The zero-order chi connectivity index (χ0) is 13.1. The van der Waals surface area contributed by atoms with E-state index in [0.29, 0.717) is 4.99 Å². The SMILES string of the molecule is CN1CCC(CN(C)CCC(C)(C)C(N)=S)C1. The minimum Gasteiger partial charge on any atom is -0.393 e. The first kappa shape index (κ1) is 14.9. The van der Waals surface area contributed by atoms with Crippen molar-refractivity contribution in [2.24, 2.45) is 17.1 Å². The maximum absolute atomic E-state index is 5.74. The summed E-state index contributed by atoms with van der Waals surface area (Å²) in [5.41, 5.74) is 5.73. The van der Waals surface area contributed by atoms with Crippen molar-refractivity contribution in [2.75, 3.05) is 40.3 Å². The average molecular weight is 257 g/mol. The fourth-order valence-corrected chi connectivity index (χ4v) is 2.40. The van der Waals surface area contributed by atoms with Crippen LogP contribution in [0.3, 0.4) is 0 Å². The van der Waals surface area contributed by atoms with Crippen LogP contribution in [-0.4, -0.2) is 55.1 Å². The summed E-state index contributed by atoms with van der Waals surface area (Å²) in [7, 11) is 4.41. The van der Waals surface area contributed by atoms with Crippen molar-refractivity contribution in [3.05, 3.63) is 0 Å². The fourth-order valence-electron chi connectivity index (χ4n) is 2.30. The van der Waals surface area contributed by atoms with Gasteiger partial charge in [-0.05, 0) is 45.9 Å². The van der Waals surface area contributed by atoms with Gasteiger partial charge < -0.3 is 15.5 Å². The molecule has 3 nitrogen and oxygen atoms in total. The Hall–Kier alpha value is -0.190. The van der Waals surface area contributed by atoms with E-state index in [1.165, 1.54) is 26.1 Å². The molecule has 1 heterocycles. The molecule has 1 unspecified atom stereocenters. The van der Waals surface area contributed by atoms with Crippen LogP contribution in [0.1, 0.15) is 26.7 Å². The van der Waals surface area contributed by atoms with Gasteiger partial charge >= 0.3 is 0 Å². The van der Waals surface area contributed by atoms with E-state index in [1.807, 2.05) is 0 Å². The molecule has 0 aliphatic carbocycles. The van der Waals surface area contributed by atoms with Crippen LogP contribution in [0.25, 0.3) is 0 Å². The van der Waals surface area contributed by atoms with Crippen LogP contribution >= 0.6 is 12.2 Å². The molecule has 0 aromatic carbocycles. The molecule has 0 aromatic rings. The summed E-state index contributed by atoms with van der Waals surface area (Å²) < 4.78 is 0. The Kier molecular flexibility index (Phi) is 5.35. The van der Waals surface area contributed by atoms with Crippen molar-refractivity contribution in [3.63, 3.8) is 0 Å². The third-order valence-electron chi connectivity index (χ3n) is 3.84. The van der Waals surface area contributed by atoms with Gasteiger partial charge in [0.05, 0.1) is 4.99 Å². The van der Waals surface area contributed by atoms with Crippen molar-refractivity contribution >= 4 is 17.2 Å². The summed E-state index contributed by atoms with van der Waals surface area (Å²) in [4.78, 5) is 5.47. The summed E-state index contributed by atoms with van der Waals surface area (Å²) in [6, 6.07) is 0. The van der Waals surface area contributed by atoms with E-state index in [4.69, 9.17) is 18.0 Å². The van der Waals surface area contributed by atoms with Gasteiger partial charge in [0.25, 0.3) is 0 Å². The molecule has 1 rings (SSSR count). The van der Waals surface area contributed by atoms with Crippen LogP contribution in [0.15, 0.2) is 0 Å². The third-order valence-corrected chi connectivity index (χ3v) is 4.40. The molecule has 0 radical (unpaired) electrons. The van der Waals surface area contributed by atoms with E-state index in [2.05, 4.69) is 37.7 Å². The van der Waals surface area contributed by atoms with Gasteiger partial charge in [-0.25, -0.2) is 0 Å². The summed E-state index contributed by atoms with van der Waals surface area (Å²) in [5.74, 6) is 0.831. The Bertz CT molecular complexity index is 265. The van der Waals surface area contributed by atoms with E-state index in [0.717, 1.165) is 18.9 Å². The van der Waals surface area contributed by atoms with Gasteiger partial charge in [-0.2, -0.15) is 0 Å². The Morgan fingerprint density at radius 3 is 2.65 bits per heavy atom. The van der Waals surface area contributed by atoms with Gasteiger partial charge in [0.15, 0.2) is 0 Å². The molecule has 1 aliphatic heterocycles. The van der Waals surface area contributed by atoms with E-state index >= 15 is 0 Å². The highest BCUT2D eigenvalue weighted by atomic mass is 32.1. The Morgan fingerprint density at radius 1 is 1.53 bits per heavy atom. The highest BCUT2D eigenvalue weighted by molar-refractivity contribution is 7.80. The second-order valence-electron chi connectivity index (χ2n) is 6.18.